The number of carbonyl (C=O) groups is 2. The van der Waals surface area contributed by atoms with Crippen molar-refractivity contribution in [1.82, 2.24) is 9.62 Å². The summed E-state index contributed by atoms with van der Waals surface area (Å²) in [6.45, 7) is 2.26. The van der Waals surface area contributed by atoms with Crippen LogP contribution in [-0.4, -0.2) is 48.8 Å². The minimum absolute atomic E-state index is 0.0395. The molecule has 0 bridgehead atoms. The van der Waals surface area contributed by atoms with Gasteiger partial charge in [-0.25, -0.2) is 8.42 Å². The summed E-state index contributed by atoms with van der Waals surface area (Å²) in [6, 6.07) is 2.47. The second-order valence-corrected chi connectivity index (χ2v) is 8.72. The summed E-state index contributed by atoms with van der Waals surface area (Å²) in [4.78, 5) is 22.9. The largest absolute Gasteiger partial charge is 0.481 e. The number of amides is 1. The van der Waals surface area contributed by atoms with Gasteiger partial charge in [-0.15, -0.1) is 11.3 Å². The van der Waals surface area contributed by atoms with Gasteiger partial charge in [0.1, 0.15) is 10.3 Å². The highest BCUT2D eigenvalue weighted by Crippen LogP contribution is 2.28. The molecule has 0 spiro atoms. The molecule has 1 aromatic heterocycles. The summed E-state index contributed by atoms with van der Waals surface area (Å²) >= 11 is 1.13. The molecule has 0 saturated carbocycles. The Morgan fingerprint density at radius 2 is 2.26 bits per heavy atom. The zero-order valence-corrected chi connectivity index (χ0v) is 14.4. The summed E-state index contributed by atoms with van der Waals surface area (Å²) < 4.78 is 26.6. The molecule has 1 aliphatic rings. The van der Waals surface area contributed by atoms with Crippen LogP contribution in [0.15, 0.2) is 21.7 Å². The number of nitrogens with zero attached hydrogens (tertiary/aromatic N) is 1. The fraction of sp³-hybridized carbons (Fsp3) is 0.571. The molecular formula is C14H20N2O5S2. The molecule has 0 radical (unpaired) electrons. The van der Waals surface area contributed by atoms with Gasteiger partial charge in [0.15, 0.2) is 0 Å². The number of hydrogen-bond donors (Lipinski definition) is 2. The predicted octanol–water partition coefficient (Wildman–Crippen LogP) is 1.13. The Morgan fingerprint density at radius 1 is 1.52 bits per heavy atom. The van der Waals surface area contributed by atoms with E-state index in [0.29, 0.717) is 19.4 Å². The quantitative estimate of drug-likeness (QED) is 0.758. The van der Waals surface area contributed by atoms with Crippen LogP contribution in [0.3, 0.4) is 0 Å². The monoisotopic (exact) mass is 360 g/mol. The van der Waals surface area contributed by atoms with E-state index in [2.05, 4.69) is 5.32 Å². The number of nitrogens with one attached hydrogen (secondary N) is 1. The van der Waals surface area contributed by atoms with E-state index in [-0.39, 0.29) is 29.0 Å². The van der Waals surface area contributed by atoms with Gasteiger partial charge in [-0.2, -0.15) is 4.31 Å². The van der Waals surface area contributed by atoms with Crippen molar-refractivity contribution in [2.45, 2.75) is 36.4 Å². The molecule has 0 aliphatic carbocycles. The second kappa shape index (κ2) is 7.41. The van der Waals surface area contributed by atoms with Crippen LogP contribution in [0.5, 0.6) is 0 Å². The Balaban J connectivity index is 2.01. The standard InChI is InChI=1S/C14H20N2O5S2/c1-10(8-12(17)18)9-15-14(19)11-4-2-6-16(11)23(20,21)13-5-3-7-22-13/h3,5,7,10-11H,2,4,6,8-9H2,1H3,(H,15,19)(H,17,18). The lowest BCUT2D eigenvalue weighted by atomic mass is 10.1. The van der Waals surface area contributed by atoms with E-state index < -0.39 is 22.0 Å². The lowest BCUT2D eigenvalue weighted by Crippen LogP contribution is -2.46. The molecule has 2 unspecified atom stereocenters. The molecule has 7 nitrogen and oxygen atoms in total. The van der Waals surface area contributed by atoms with Crippen LogP contribution in [0.4, 0.5) is 0 Å². The van der Waals surface area contributed by atoms with Crippen molar-refractivity contribution in [2.75, 3.05) is 13.1 Å². The fourth-order valence-electron chi connectivity index (χ4n) is 2.58. The third-order valence-corrected chi connectivity index (χ3v) is 6.99. The van der Waals surface area contributed by atoms with Crippen molar-refractivity contribution in [2.24, 2.45) is 5.92 Å². The minimum atomic E-state index is -3.65. The zero-order chi connectivity index (χ0) is 17.0. The molecule has 1 saturated heterocycles. The lowest BCUT2D eigenvalue weighted by Gasteiger charge is -2.23. The van der Waals surface area contributed by atoms with E-state index in [4.69, 9.17) is 5.11 Å². The smallest absolute Gasteiger partial charge is 0.303 e. The van der Waals surface area contributed by atoms with E-state index in [0.717, 1.165) is 11.3 Å². The highest BCUT2D eigenvalue weighted by atomic mass is 32.2. The molecule has 1 amide bonds. The molecule has 1 aliphatic heterocycles. The third-order valence-electron chi connectivity index (χ3n) is 3.71. The number of aliphatic carboxylic acids is 1. The molecular weight excluding hydrogens is 340 g/mol. The fourth-order valence-corrected chi connectivity index (χ4v) is 5.35. The van der Waals surface area contributed by atoms with E-state index in [9.17, 15) is 18.0 Å². The minimum Gasteiger partial charge on any atom is -0.481 e. The van der Waals surface area contributed by atoms with Crippen LogP contribution in [-0.2, 0) is 19.6 Å². The Labute approximate surface area is 139 Å². The van der Waals surface area contributed by atoms with Crippen molar-refractivity contribution in [3.63, 3.8) is 0 Å². The molecule has 2 rings (SSSR count). The van der Waals surface area contributed by atoms with Gasteiger partial charge in [-0.1, -0.05) is 13.0 Å². The van der Waals surface area contributed by atoms with E-state index in [1.807, 2.05) is 0 Å². The van der Waals surface area contributed by atoms with Crippen LogP contribution in [0.25, 0.3) is 0 Å². The zero-order valence-electron chi connectivity index (χ0n) is 12.8. The second-order valence-electron chi connectivity index (χ2n) is 5.65. The Morgan fingerprint density at radius 3 is 2.87 bits per heavy atom. The first kappa shape index (κ1) is 17.9. The number of thiophene rings is 1. The SMILES string of the molecule is CC(CNC(=O)C1CCCN1S(=O)(=O)c1cccs1)CC(=O)O. The van der Waals surface area contributed by atoms with Crippen molar-refractivity contribution in [3.05, 3.63) is 17.5 Å². The number of carboxylic acid groups (broad SMARTS) is 1. The average Bonchev–Trinajstić information content (AvgIpc) is 3.14. The Kier molecular flexibility index (Phi) is 5.77. The van der Waals surface area contributed by atoms with Crippen LogP contribution in [0, 0.1) is 5.92 Å². The summed E-state index contributed by atoms with van der Waals surface area (Å²) in [5.74, 6) is -1.49. The topological polar surface area (TPSA) is 104 Å². The highest BCUT2D eigenvalue weighted by molar-refractivity contribution is 7.91. The van der Waals surface area contributed by atoms with Gasteiger partial charge >= 0.3 is 5.97 Å². The van der Waals surface area contributed by atoms with E-state index in [1.54, 1.807) is 18.4 Å². The Hall–Kier alpha value is -1.45. The average molecular weight is 360 g/mol. The molecule has 23 heavy (non-hydrogen) atoms. The van der Waals surface area contributed by atoms with E-state index >= 15 is 0 Å². The first-order chi connectivity index (χ1) is 10.8. The molecule has 0 aromatic carbocycles. The molecule has 2 atom stereocenters. The summed E-state index contributed by atoms with van der Waals surface area (Å²) in [6.07, 6.45) is 1.07. The number of rotatable bonds is 7. The van der Waals surface area contributed by atoms with Crippen LogP contribution >= 0.6 is 11.3 Å². The molecule has 2 N–H and O–H groups in total. The van der Waals surface area contributed by atoms with Crippen molar-refractivity contribution in [3.8, 4) is 0 Å². The molecule has 9 heteroatoms. The van der Waals surface area contributed by atoms with Gasteiger partial charge < -0.3 is 10.4 Å². The van der Waals surface area contributed by atoms with Crippen LogP contribution in [0.2, 0.25) is 0 Å². The van der Waals surface area contributed by atoms with Crippen LogP contribution < -0.4 is 5.32 Å². The maximum atomic E-state index is 12.6. The van der Waals surface area contributed by atoms with Crippen molar-refractivity contribution >= 4 is 33.2 Å². The first-order valence-electron chi connectivity index (χ1n) is 7.37. The summed E-state index contributed by atoms with van der Waals surface area (Å²) in [7, 11) is -3.65. The number of hydrogen-bond acceptors (Lipinski definition) is 5. The molecule has 1 fully saturated rings. The van der Waals surface area contributed by atoms with Gasteiger partial charge in [-0.05, 0) is 30.2 Å². The molecule has 128 valence electrons. The van der Waals surface area contributed by atoms with Gasteiger partial charge in [0.2, 0.25) is 5.91 Å². The molecule has 2 heterocycles. The summed E-state index contributed by atoms with van der Waals surface area (Å²) in [5.41, 5.74) is 0. The molecule has 1 aromatic rings. The predicted molar refractivity (Wildman–Crippen MR) is 85.7 cm³/mol. The highest BCUT2D eigenvalue weighted by Gasteiger charge is 2.39. The lowest BCUT2D eigenvalue weighted by molar-refractivity contribution is -0.138. The van der Waals surface area contributed by atoms with Gasteiger partial charge in [0, 0.05) is 19.5 Å². The Bertz CT molecular complexity index is 657. The van der Waals surface area contributed by atoms with Gasteiger partial charge in [0.05, 0.1) is 0 Å². The number of sulfonamides is 1. The summed E-state index contributed by atoms with van der Waals surface area (Å²) in [5, 5.41) is 13.1. The third kappa shape index (κ3) is 4.30. The maximum Gasteiger partial charge on any atom is 0.303 e. The first-order valence-corrected chi connectivity index (χ1v) is 9.69. The maximum absolute atomic E-state index is 12.6. The number of carboxylic acids is 1. The van der Waals surface area contributed by atoms with Gasteiger partial charge in [-0.3, -0.25) is 9.59 Å². The van der Waals surface area contributed by atoms with E-state index in [1.165, 1.54) is 10.4 Å². The van der Waals surface area contributed by atoms with Crippen molar-refractivity contribution < 1.29 is 23.1 Å². The van der Waals surface area contributed by atoms with Gasteiger partial charge in [0.25, 0.3) is 10.0 Å². The normalized spacial score (nSPS) is 20.3. The van der Waals surface area contributed by atoms with Crippen LogP contribution in [0.1, 0.15) is 26.2 Å². The number of carbonyl (C=O) groups excluding carboxylic acids is 1. The van der Waals surface area contributed by atoms with Crippen molar-refractivity contribution in [1.29, 1.82) is 0 Å².